The zero-order valence-corrected chi connectivity index (χ0v) is 13.8. The third kappa shape index (κ3) is 6.52. The Morgan fingerprint density at radius 3 is 2.38 bits per heavy atom. The summed E-state index contributed by atoms with van der Waals surface area (Å²) in [7, 11) is 0. The fraction of sp³-hybridized carbons (Fsp3) is 0.625. The van der Waals surface area contributed by atoms with Crippen LogP contribution in [0.4, 0.5) is 0 Å². The van der Waals surface area contributed by atoms with Crippen molar-refractivity contribution in [1.29, 1.82) is 0 Å². The van der Waals surface area contributed by atoms with Crippen LogP contribution in [-0.2, 0) is 10.2 Å². The first kappa shape index (κ1) is 17.3. The van der Waals surface area contributed by atoms with Crippen LogP contribution >= 0.6 is 0 Å². The summed E-state index contributed by atoms with van der Waals surface area (Å²) in [5.41, 5.74) is 9.46. The largest absolute Gasteiger partial charge is 0.491 e. The van der Waals surface area contributed by atoms with Crippen molar-refractivity contribution in [2.75, 3.05) is 6.61 Å². The molecule has 1 rings (SSSR count). The summed E-state index contributed by atoms with van der Waals surface area (Å²) >= 11 is 0. The topological polar surface area (TPSA) is 67.2 Å². The van der Waals surface area contributed by atoms with E-state index < -0.39 is 11.8 Å². The molecule has 0 aliphatic heterocycles. The van der Waals surface area contributed by atoms with Crippen LogP contribution in [0, 0.1) is 0 Å². The molecule has 0 aliphatic rings. The van der Waals surface area contributed by atoms with Crippen LogP contribution in [0.5, 0.6) is 5.75 Å². The first-order valence-electron chi connectivity index (χ1n) is 7.07. The molecule has 0 bridgehead atoms. The van der Waals surface area contributed by atoms with Crippen LogP contribution < -0.4 is 4.74 Å². The maximum absolute atomic E-state index is 8.60. The van der Waals surface area contributed by atoms with E-state index >= 15 is 0 Å². The Morgan fingerprint density at radius 1 is 1.19 bits per heavy atom. The minimum atomic E-state index is -0.645. The number of azide groups is 1. The van der Waals surface area contributed by atoms with Gasteiger partial charge in [0.15, 0.2) is 6.23 Å². The Kier molecular flexibility index (Phi) is 5.64. The van der Waals surface area contributed by atoms with Gasteiger partial charge in [0, 0.05) is 4.91 Å². The van der Waals surface area contributed by atoms with E-state index in [9.17, 15) is 0 Å². The molecule has 1 aromatic carbocycles. The van der Waals surface area contributed by atoms with E-state index in [1.807, 2.05) is 39.0 Å². The predicted molar refractivity (Wildman–Crippen MR) is 84.4 cm³/mol. The quantitative estimate of drug-likeness (QED) is 0.443. The van der Waals surface area contributed by atoms with Crippen LogP contribution in [0.3, 0.4) is 0 Å². The molecular weight excluding hydrogens is 266 g/mol. The average molecular weight is 291 g/mol. The third-order valence-corrected chi connectivity index (χ3v) is 2.76. The predicted octanol–water partition coefficient (Wildman–Crippen LogP) is 4.81. The van der Waals surface area contributed by atoms with Gasteiger partial charge in [0.1, 0.15) is 12.4 Å². The van der Waals surface area contributed by atoms with Gasteiger partial charge in [-0.15, -0.1) is 0 Å². The molecule has 21 heavy (non-hydrogen) atoms. The molecule has 0 fully saturated rings. The molecule has 0 aromatic heterocycles. The van der Waals surface area contributed by atoms with Crippen molar-refractivity contribution in [1.82, 2.24) is 0 Å². The van der Waals surface area contributed by atoms with E-state index in [4.69, 9.17) is 15.0 Å². The summed E-state index contributed by atoms with van der Waals surface area (Å²) in [6, 6.07) is 7.93. The van der Waals surface area contributed by atoms with Gasteiger partial charge in [-0.25, -0.2) is 0 Å². The van der Waals surface area contributed by atoms with Crippen molar-refractivity contribution in [3.63, 3.8) is 0 Å². The molecule has 1 atom stereocenters. The van der Waals surface area contributed by atoms with Gasteiger partial charge in [-0.3, -0.25) is 0 Å². The van der Waals surface area contributed by atoms with Gasteiger partial charge in [-0.2, -0.15) is 0 Å². The molecular formula is C16H25N3O2. The van der Waals surface area contributed by atoms with Crippen molar-refractivity contribution in [2.24, 2.45) is 5.11 Å². The van der Waals surface area contributed by atoms with Gasteiger partial charge < -0.3 is 9.47 Å². The van der Waals surface area contributed by atoms with E-state index in [0.717, 1.165) is 5.75 Å². The van der Waals surface area contributed by atoms with E-state index in [0.29, 0.717) is 0 Å². The molecule has 5 nitrogen and oxygen atoms in total. The zero-order valence-electron chi connectivity index (χ0n) is 13.8. The van der Waals surface area contributed by atoms with Crippen LogP contribution in [0.1, 0.15) is 47.1 Å². The van der Waals surface area contributed by atoms with Crippen LogP contribution in [0.25, 0.3) is 10.4 Å². The summed E-state index contributed by atoms with van der Waals surface area (Å²) in [6.45, 7) is 12.4. The lowest BCUT2D eigenvalue weighted by Gasteiger charge is -2.25. The summed E-state index contributed by atoms with van der Waals surface area (Å²) in [5.74, 6) is 0.748. The molecule has 0 N–H and O–H groups in total. The number of benzene rings is 1. The number of ether oxygens (including phenoxy) is 2. The molecule has 1 unspecified atom stereocenters. The van der Waals surface area contributed by atoms with Crippen molar-refractivity contribution in [3.8, 4) is 5.75 Å². The Labute approximate surface area is 126 Å². The summed E-state index contributed by atoms with van der Waals surface area (Å²) in [6.07, 6.45) is -0.645. The van der Waals surface area contributed by atoms with Crippen LogP contribution in [0.2, 0.25) is 0 Å². The SMILES string of the molecule is CC(C)(C)OC(COc1cccc(C(C)(C)C)c1)N=[N+]=[N-]. The van der Waals surface area contributed by atoms with Gasteiger partial charge in [0.05, 0.1) is 5.60 Å². The Balaban J connectivity index is 2.74. The lowest BCUT2D eigenvalue weighted by molar-refractivity contribution is -0.0723. The highest BCUT2D eigenvalue weighted by Gasteiger charge is 2.19. The van der Waals surface area contributed by atoms with Gasteiger partial charge >= 0.3 is 0 Å². The third-order valence-electron chi connectivity index (χ3n) is 2.76. The summed E-state index contributed by atoms with van der Waals surface area (Å²) in [4.78, 5) is 2.81. The molecule has 0 aliphatic carbocycles. The molecule has 0 spiro atoms. The molecule has 0 amide bonds. The molecule has 0 radical (unpaired) electrons. The lowest BCUT2D eigenvalue weighted by atomic mass is 9.87. The molecule has 0 saturated carbocycles. The smallest absolute Gasteiger partial charge is 0.171 e. The maximum Gasteiger partial charge on any atom is 0.171 e. The van der Waals surface area contributed by atoms with Crippen molar-refractivity contribution in [2.45, 2.75) is 58.8 Å². The van der Waals surface area contributed by atoms with Crippen molar-refractivity contribution in [3.05, 3.63) is 40.3 Å². The number of hydrogen-bond acceptors (Lipinski definition) is 3. The molecule has 0 saturated heterocycles. The Hall–Kier alpha value is -1.71. The molecule has 1 aromatic rings. The second kappa shape index (κ2) is 6.83. The normalized spacial score (nSPS) is 13.4. The van der Waals surface area contributed by atoms with E-state index in [2.05, 4.69) is 36.9 Å². The first-order chi connectivity index (χ1) is 9.62. The van der Waals surface area contributed by atoms with Crippen LogP contribution in [-0.4, -0.2) is 18.4 Å². The van der Waals surface area contributed by atoms with E-state index in [-0.39, 0.29) is 12.0 Å². The van der Waals surface area contributed by atoms with E-state index in [1.165, 1.54) is 5.56 Å². The molecule has 116 valence electrons. The van der Waals surface area contributed by atoms with Crippen molar-refractivity contribution < 1.29 is 9.47 Å². The zero-order chi connectivity index (χ0) is 16.1. The first-order valence-corrected chi connectivity index (χ1v) is 7.07. The number of rotatable bonds is 5. The number of nitrogens with zero attached hydrogens (tertiary/aromatic N) is 3. The standard InChI is InChI=1S/C16H25N3O2/c1-15(2,3)12-8-7-9-13(10-12)20-11-14(18-19-17)21-16(4,5)6/h7-10,14H,11H2,1-6H3. The minimum Gasteiger partial charge on any atom is -0.491 e. The van der Waals surface area contributed by atoms with Gasteiger partial charge in [0.25, 0.3) is 0 Å². The van der Waals surface area contributed by atoms with Gasteiger partial charge in [0.2, 0.25) is 0 Å². The molecule has 5 heteroatoms. The van der Waals surface area contributed by atoms with E-state index in [1.54, 1.807) is 0 Å². The lowest BCUT2D eigenvalue weighted by Crippen LogP contribution is -2.30. The fourth-order valence-corrected chi connectivity index (χ4v) is 1.78. The summed E-state index contributed by atoms with van der Waals surface area (Å²) < 4.78 is 11.4. The second-order valence-electron chi connectivity index (χ2n) is 6.98. The van der Waals surface area contributed by atoms with Gasteiger partial charge in [-0.1, -0.05) is 38.0 Å². The Morgan fingerprint density at radius 2 is 1.86 bits per heavy atom. The second-order valence-corrected chi connectivity index (χ2v) is 6.98. The Bertz CT molecular complexity index is 509. The monoisotopic (exact) mass is 291 g/mol. The highest BCUT2D eigenvalue weighted by Crippen LogP contribution is 2.26. The van der Waals surface area contributed by atoms with Crippen molar-refractivity contribution >= 4 is 0 Å². The minimum absolute atomic E-state index is 0.0610. The summed E-state index contributed by atoms with van der Waals surface area (Å²) in [5, 5.41) is 3.63. The molecule has 0 heterocycles. The maximum atomic E-state index is 8.60. The average Bonchev–Trinajstić information content (AvgIpc) is 2.34. The highest BCUT2D eigenvalue weighted by atomic mass is 16.6. The van der Waals surface area contributed by atoms with Gasteiger partial charge in [-0.05, 0) is 49.4 Å². The number of hydrogen-bond donors (Lipinski definition) is 0. The highest BCUT2D eigenvalue weighted by molar-refractivity contribution is 5.32. The fourth-order valence-electron chi connectivity index (χ4n) is 1.78. The van der Waals surface area contributed by atoms with Crippen LogP contribution in [0.15, 0.2) is 29.4 Å².